The molecule has 0 bridgehead atoms. The van der Waals surface area contributed by atoms with Gasteiger partial charge in [0.2, 0.25) is 0 Å². The van der Waals surface area contributed by atoms with Crippen LogP contribution < -0.4 is 0 Å². The van der Waals surface area contributed by atoms with Crippen LogP contribution in [0.25, 0.3) is 0 Å². The van der Waals surface area contributed by atoms with Crippen molar-refractivity contribution in [2.75, 3.05) is 6.61 Å². The molecule has 5 heteroatoms. The lowest BCUT2D eigenvalue weighted by atomic mass is 10.1. The minimum atomic E-state index is -4.18. The van der Waals surface area contributed by atoms with Gasteiger partial charge in [0.15, 0.2) is 0 Å². The lowest BCUT2D eigenvalue weighted by Gasteiger charge is -2.07. The van der Waals surface area contributed by atoms with E-state index in [1.807, 2.05) is 0 Å². The van der Waals surface area contributed by atoms with Crippen LogP contribution in [0.3, 0.4) is 0 Å². The average Bonchev–Trinajstić information content (AvgIpc) is 2.07. The molecule has 0 aliphatic rings. The van der Waals surface area contributed by atoms with Gasteiger partial charge in [-0.2, -0.15) is 8.42 Å². The number of hydrogen-bond donors (Lipinski definition) is 1. The second-order valence-electron chi connectivity index (χ2n) is 2.97. The first-order valence-electron chi connectivity index (χ1n) is 4.11. The summed E-state index contributed by atoms with van der Waals surface area (Å²) in [4.78, 5) is -0.122. The van der Waals surface area contributed by atoms with Crippen molar-refractivity contribution in [2.24, 2.45) is 0 Å². The Morgan fingerprint density at radius 2 is 2.00 bits per heavy atom. The van der Waals surface area contributed by atoms with Gasteiger partial charge in [-0.3, -0.25) is 4.55 Å². The Morgan fingerprint density at radius 3 is 2.50 bits per heavy atom. The highest BCUT2D eigenvalue weighted by Crippen LogP contribution is 2.18. The molecule has 0 saturated carbocycles. The van der Waals surface area contributed by atoms with Crippen LogP contribution in [-0.2, 0) is 21.6 Å². The molecule has 1 radical (unpaired) electrons. The molecule has 0 fully saturated rings. The van der Waals surface area contributed by atoms with Crippen LogP contribution in [0.4, 0.5) is 0 Å². The van der Waals surface area contributed by atoms with Crippen LogP contribution >= 0.6 is 0 Å². The lowest BCUT2D eigenvalue weighted by Crippen LogP contribution is -2.04. The summed E-state index contributed by atoms with van der Waals surface area (Å²) in [5.41, 5.74) is 1.11. The second kappa shape index (κ2) is 4.08. The largest absolute Gasteiger partial charge is 0.294 e. The summed E-state index contributed by atoms with van der Waals surface area (Å²) in [6, 6.07) is 4.52. The van der Waals surface area contributed by atoms with Crippen molar-refractivity contribution in [3.63, 3.8) is 0 Å². The molecule has 0 amide bonds. The van der Waals surface area contributed by atoms with E-state index in [1.165, 1.54) is 12.1 Å². The van der Waals surface area contributed by atoms with E-state index >= 15 is 0 Å². The van der Waals surface area contributed by atoms with Crippen molar-refractivity contribution in [3.05, 3.63) is 29.3 Å². The van der Waals surface area contributed by atoms with Gasteiger partial charge in [0, 0.05) is 0 Å². The van der Waals surface area contributed by atoms with Gasteiger partial charge in [0.1, 0.15) is 0 Å². The minimum absolute atomic E-state index is 0.122. The predicted octanol–water partition coefficient (Wildman–Crippen LogP) is 1.21. The summed E-state index contributed by atoms with van der Waals surface area (Å²) >= 11 is 0. The maximum atomic E-state index is 10.9. The summed E-state index contributed by atoms with van der Waals surface area (Å²) in [5, 5.41) is 10.4. The number of hydrogen-bond acceptors (Lipinski definition) is 2. The quantitative estimate of drug-likeness (QED) is 0.770. The third-order valence-corrected chi connectivity index (χ3v) is 3.04. The average molecular weight is 215 g/mol. The topological polar surface area (TPSA) is 74.3 Å². The van der Waals surface area contributed by atoms with Gasteiger partial charge >= 0.3 is 0 Å². The van der Waals surface area contributed by atoms with Gasteiger partial charge in [0.25, 0.3) is 10.1 Å². The Labute approximate surface area is 82.9 Å². The van der Waals surface area contributed by atoms with Crippen molar-refractivity contribution in [1.82, 2.24) is 0 Å². The fourth-order valence-electron chi connectivity index (χ4n) is 1.32. The van der Waals surface area contributed by atoms with Gasteiger partial charge in [-0.05, 0) is 30.5 Å². The zero-order valence-corrected chi connectivity index (χ0v) is 8.54. The first kappa shape index (κ1) is 11.2. The molecule has 14 heavy (non-hydrogen) atoms. The van der Waals surface area contributed by atoms with Crippen molar-refractivity contribution < 1.29 is 18.1 Å². The Balaban J connectivity index is 3.28. The molecular weight excluding hydrogens is 204 g/mol. The van der Waals surface area contributed by atoms with E-state index < -0.39 is 10.1 Å². The molecule has 1 N–H and O–H groups in total. The normalized spacial score (nSPS) is 11.6. The van der Waals surface area contributed by atoms with Gasteiger partial charge in [-0.15, -0.1) is 0 Å². The van der Waals surface area contributed by atoms with Gasteiger partial charge in [-0.25, -0.2) is 5.11 Å². The first-order valence-corrected chi connectivity index (χ1v) is 5.55. The fourth-order valence-corrected chi connectivity index (χ4v) is 2.09. The molecule has 77 valence electrons. The molecule has 0 aliphatic heterocycles. The Bertz CT molecular complexity index is 422. The molecule has 1 rings (SSSR count). The summed E-state index contributed by atoms with van der Waals surface area (Å²) < 4.78 is 30.6. The molecule has 0 heterocycles. The zero-order chi connectivity index (χ0) is 10.8. The summed E-state index contributed by atoms with van der Waals surface area (Å²) in [7, 11) is -4.18. The SMILES string of the molecule is Cc1c(CC[O])cccc1S(=O)(=O)O. The maximum Gasteiger partial charge on any atom is 0.294 e. The highest BCUT2D eigenvalue weighted by Gasteiger charge is 2.14. The number of rotatable bonds is 3. The molecule has 0 aromatic heterocycles. The molecule has 0 saturated heterocycles. The predicted molar refractivity (Wildman–Crippen MR) is 50.3 cm³/mol. The molecule has 1 aromatic carbocycles. The maximum absolute atomic E-state index is 10.9. The minimum Gasteiger partial charge on any atom is -0.282 e. The van der Waals surface area contributed by atoms with Gasteiger partial charge in [-0.1, -0.05) is 12.1 Å². The zero-order valence-electron chi connectivity index (χ0n) is 7.73. The van der Waals surface area contributed by atoms with Crippen molar-refractivity contribution in [1.29, 1.82) is 0 Å². The lowest BCUT2D eigenvalue weighted by molar-refractivity contribution is 0.197. The third-order valence-electron chi connectivity index (χ3n) is 2.05. The first-order chi connectivity index (χ1) is 6.46. The van der Waals surface area contributed by atoms with E-state index in [0.29, 0.717) is 11.1 Å². The van der Waals surface area contributed by atoms with E-state index in [-0.39, 0.29) is 17.9 Å². The van der Waals surface area contributed by atoms with Crippen molar-refractivity contribution in [3.8, 4) is 0 Å². The van der Waals surface area contributed by atoms with Crippen LogP contribution in [0.1, 0.15) is 11.1 Å². The standard InChI is InChI=1S/C9H11O4S/c1-7-8(5-6-10)3-2-4-9(7)14(11,12)13/h2-4H,5-6H2,1H3,(H,11,12,13). The van der Waals surface area contributed by atoms with Crippen molar-refractivity contribution in [2.45, 2.75) is 18.2 Å². The molecule has 4 nitrogen and oxygen atoms in total. The van der Waals surface area contributed by atoms with Crippen LogP contribution in [0.2, 0.25) is 0 Å². The van der Waals surface area contributed by atoms with E-state index in [4.69, 9.17) is 4.55 Å². The van der Waals surface area contributed by atoms with Crippen LogP contribution in [0.15, 0.2) is 23.1 Å². The Morgan fingerprint density at radius 1 is 1.36 bits per heavy atom. The molecule has 0 spiro atoms. The molecule has 0 atom stereocenters. The molecule has 0 unspecified atom stereocenters. The van der Waals surface area contributed by atoms with E-state index in [9.17, 15) is 13.5 Å². The summed E-state index contributed by atoms with van der Waals surface area (Å²) in [6.45, 7) is 1.28. The van der Waals surface area contributed by atoms with E-state index in [0.717, 1.165) is 0 Å². The van der Waals surface area contributed by atoms with Crippen molar-refractivity contribution >= 4 is 10.1 Å². The Hall–Kier alpha value is -0.910. The third kappa shape index (κ3) is 2.31. The van der Waals surface area contributed by atoms with Crippen LogP contribution in [0, 0.1) is 6.92 Å². The van der Waals surface area contributed by atoms with Crippen LogP contribution in [-0.4, -0.2) is 19.6 Å². The van der Waals surface area contributed by atoms with Gasteiger partial charge in [0.05, 0.1) is 11.5 Å². The summed E-state index contributed by atoms with van der Waals surface area (Å²) in [6.07, 6.45) is 0.273. The summed E-state index contributed by atoms with van der Waals surface area (Å²) in [5.74, 6) is 0. The number of benzene rings is 1. The highest BCUT2D eigenvalue weighted by molar-refractivity contribution is 7.85. The van der Waals surface area contributed by atoms with E-state index in [2.05, 4.69) is 0 Å². The monoisotopic (exact) mass is 215 g/mol. The molecular formula is C9H11O4S. The van der Waals surface area contributed by atoms with Crippen LogP contribution in [0.5, 0.6) is 0 Å². The molecule has 0 aliphatic carbocycles. The van der Waals surface area contributed by atoms with Gasteiger partial charge < -0.3 is 0 Å². The van der Waals surface area contributed by atoms with E-state index in [1.54, 1.807) is 13.0 Å². The molecule has 1 aromatic rings. The second-order valence-corrected chi connectivity index (χ2v) is 4.36. The fraction of sp³-hybridized carbons (Fsp3) is 0.333. The smallest absolute Gasteiger partial charge is 0.282 e. The Kier molecular flexibility index (Phi) is 3.25. The highest BCUT2D eigenvalue weighted by atomic mass is 32.2.